The summed E-state index contributed by atoms with van der Waals surface area (Å²) in [5.41, 5.74) is 0.263. The number of hydrogen-bond acceptors (Lipinski definition) is 4. The van der Waals surface area contributed by atoms with E-state index in [-0.39, 0.29) is 11.4 Å². The van der Waals surface area contributed by atoms with Crippen LogP contribution < -0.4 is 10.1 Å². The van der Waals surface area contributed by atoms with E-state index in [1.165, 1.54) is 16.4 Å². The number of nitrogens with one attached hydrogen (secondary N) is 1. The van der Waals surface area contributed by atoms with Crippen molar-refractivity contribution in [3.8, 4) is 5.75 Å². The van der Waals surface area contributed by atoms with Gasteiger partial charge in [0.05, 0.1) is 5.75 Å². The molecule has 0 aromatic heterocycles. The summed E-state index contributed by atoms with van der Waals surface area (Å²) in [4.78, 5) is 12.4. The Morgan fingerprint density at radius 2 is 1.96 bits per heavy atom. The maximum absolute atomic E-state index is 12.4. The van der Waals surface area contributed by atoms with Crippen LogP contribution in [0.3, 0.4) is 0 Å². The smallest absolute Gasteiger partial charge is 0.406 e. The highest BCUT2D eigenvalue weighted by atomic mass is 32.2. The normalized spacial score (nSPS) is 19.0. The second kappa shape index (κ2) is 7.61. The SMILES string of the molecule is CCCS(=O)(=O)N1CCCC1C(=O)Nc1ccc(OC(F)(F)F)cc1. The van der Waals surface area contributed by atoms with Gasteiger partial charge in [-0.05, 0) is 43.5 Å². The molecule has 1 heterocycles. The van der Waals surface area contributed by atoms with Gasteiger partial charge in [0.15, 0.2) is 0 Å². The van der Waals surface area contributed by atoms with Crippen LogP contribution in [0.1, 0.15) is 26.2 Å². The van der Waals surface area contributed by atoms with Crippen molar-refractivity contribution >= 4 is 21.6 Å². The zero-order valence-electron chi connectivity index (χ0n) is 13.5. The molecule has 25 heavy (non-hydrogen) atoms. The van der Waals surface area contributed by atoms with E-state index < -0.39 is 34.1 Å². The lowest BCUT2D eigenvalue weighted by atomic mass is 10.2. The molecule has 1 amide bonds. The zero-order chi connectivity index (χ0) is 18.7. The fourth-order valence-corrected chi connectivity index (χ4v) is 4.42. The van der Waals surface area contributed by atoms with Crippen LogP contribution in [0.15, 0.2) is 24.3 Å². The number of carbonyl (C=O) groups is 1. The van der Waals surface area contributed by atoms with Gasteiger partial charge in [-0.3, -0.25) is 4.79 Å². The van der Waals surface area contributed by atoms with E-state index in [1.54, 1.807) is 6.92 Å². The van der Waals surface area contributed by atoms with Crippen molar-refractivity contribution in [2.24, 2.45) is 0 Å². The minimum atomic E-state index is -4.79. The zero-order valence-corrected chi connectivity index (χ0v) is 14.4. The Morgan fingerprint density at radius 3 is 2.52 bits per heavy atom. The highest BCUT2D eigenvalue weighted by Crippen LogP contribution is 2.26. The number of anilines is 1. The Morgan fingerprint density at radius 1 is 1.32 bits per heavy atom. The molecular weight excluding hydrogens is 361 g/mol. The summed E-state index contributed by atoms with van der Waals surface area (Å²) in [7, 11) is -3.50. The van der Waals surface area contributed by atoms with E-state index >= 15 is 0 Å². The standard InChI is InChI=1S/C15H19F3N2O4S/c1-2-10-25(22,23)20-9-3-4-13(20)14(21)19-11-5-7-12(8-6-11)24-15(16,17)18/h5-8,13H,2-4,9-10H2,1H3,(H,19,21). The maximum atomic E-state index is 12.4. The topological polar surface area (TPSA) is 75.7 Å². The predicted molar refractivity (Wildman–Crippen MR) is 85.6 cm³/mol. The molecule has 1 aliphatic heterocycles. The molecule has 1 N–H and O–H groups in total. The van der Waals surface area contributed by atoms with Gasteiger partial charge in [-0.25, -0.2) is 8.42 Å². The van der Waals surface area contributed by atoms with Gasteiger partial charge in [0, 0.05) is 12.2 Å². The fourth-order valence-electron chi connectivity index (χ4n) is 2.68. The van der Waals surface area contributed by atoms with Crippen molar-refractivity contribution in [2.45, 2.75) is 38.6 Å². The van der Waals surface area contributed by atoms with Crippen LogP contribution in [0.4, 0.5) is 18.9 Å². The Balaban J connectivity index is 2.04. The first-order chi connectivity index (χ1) is 11.6. The van der Waals surface area contributed by atoms with E-state index in [0.29, 0.717) is 25.8 Å². The second-order valence-electron chi connectivity index (χ2n) is 5.65. The molecule has 1 saturated heterocycles. The molecule has 10 heteroatoms. The van der Waals surface area contributed by atoms with Gasteiger partial charge in [0.25, 0.3) is 0 Å². The number of carbonyl (C=O) groups excluding carboxylic acids is 1. The number of halogens is 3. The van der Waals surface area contributed by atoms with Crippen molar-refractivity contribution in [1.29, 1.82) is 0 Å². The number of amides is 1. The molecule has 0 spiro atoms. The molecule has 1 fully saturated rings. The third-order valence-corrected chi connectivity index (χ3v) is 5.76. The summed E-state index contributed by atoms with van der Waals surface area (Å²) in [5, 5.41) is 2.54. The quantitative estimate of drug-likeness (QED) is 0.823. The molecule has 2 rings (SSSR count). The molecule has 0 radical (unpaired) electrons. The lowest BCUT2D eigenvalue weighted by Crippen LogP contribution is -2.44. The van der Waals surface area contributed by atoms with Crippen molar-refractivity contribution in [3.63, 3.8) is 0 Å². The first kappa shape index (κ1) is 19.5. The highest BCUT2D eigenvalue weighted by Gasteiger charge is 2.38. The van der Waals surface area contributed by atoms with Crippen molar-refractivity contribution in [1.82, 2.24) is 4.31 Å². The summed E-state index contributed by atoms with van der Waals surface area (Å²) in [6.45, 7) is 2.03. The number of sulfonamides is 1. The van der Waals surface area contributed by atoms with Gasteiger partial charge in [-0.1, -0.05) is 6.92 Å². The number of benzene rings is 1. The number of hydrogen-bond donors (Lipinski definition) is 1. The van der Waals surface area contributed by atoms with E-state index in [0.717, 1.165) is 12.1 Å². The van der Waals surface area contributed by atoms with Crippen LogP contribution in [-0.4, -0.2) is 43.3 Å². The van der Waals surface area contributed by atoms with E-state index in [9.17, 15) is 26.4 Å². The van der Waals surface area contributed by atoms with Gasteiger partial charge < -0.3 is 10.1 Å². The predicted octanol–water partition coefficient (Wildman–Crippen LogP) is 2.73. The average molecular weight is 380 g/mol. The second-order valence-corrected chi connectivity index (χ2v) is 7.69. The number of ether oxygens (including phenoxy) is 1. The minimum Gasteiger partial charge on any atom is -0.406 e. The fraction of sp³-hybridized carbons (Fsp3) is 0.533. The largest absolute Gasteiger partial charge is 0.573 e. The first-order valence-electron chi connectivity index (χ1n) is 7.78. The Kier molecular flexibility index (Phi) is 5.94. The van der Waals surface area contributed by atoms with E-state index in [1.807, 2.05) is 0 Å². The van der Waals surface area contributed by atoms with Crippen molar-refractivity contribution in [3.05, 3.63) is 24.3 Å². The van der Waals surface area contributed by atoms with E-state index in [4.69, 9.17) is 0 Å². The van der Waals surface area contributed by atoms with Crippen LogP contribution in [0.5, 0.6) is 5.75 Å². The molecule has 0 saturated carbocycles. The monoisotopic (exact) mass is 380 g/mol. The molecule has 1 aromatic carbocycles. The van der Waals surface area contributed by atoms with Crippen molar-refractivity contribution in [2.75, 3.05) is 17.6 Å². The number of rotatable bonds is 6. The van der Waals surface area contributed by atoms with Crippen LogP contribution in [0.25, 0.3) is 0 Å². The molecule has 1 unspecified atom stereocenters. The lowest BCUT2D eigenvalue weighted by Gasteiger charge is -2.23. The molecule has 1 aliphatic rings. The lowest BCUT2D eigenvalue weighted by molar-refractivity contribution is -0.274. The van der Waals surface area contributed by atoms with Crippen LogP contribution in [0.2, 0.25) is 0 Å². The molecule has 6 nitrogen and oxygen atoms in total. The summed E-state index contributed by atoms with van der Waals surface area (Å²) in [5.74, 6) is -0.930. The van der Waals surface area contributed by atoms with Gasteiger partial charge in [0.2, 0.25) is 15.9 Å². The molecule has 0 bridgehead atoms. The highest BCUT2D eigenvalue weighted by molar-refractivity contribution is 7.89. The third kappa shape index (κ3) is 5.33. The Labute approximate surface area is 144 Å². The van der Waals surface area contributed by atoms with Gasteiger partial charge in [-0.2, -0.15) is 4.31 Å². The summed E-state index contributed by atoms with van der Waals surface area (Å²) in [6.07, 6.45) is -3.35. The maximum Gasteiger partial charge on any atom is 0.573 e. The number of alkyl halides is 3. The number of nitrogens with zero attached hydrogens (tertiary/aromatic N) is 1. The molecule has 140 valence electrons. The molecule has 0 aliphatic carbocycles. The van der Waals surface area contributed by atoms with Crippen LogP contribution in [0, 0.1) is 0 Å². The van der Waals surface area contributed by atoms with Crippen LogP contribution >= 0.6 is 0 Å². The summed E-state index contributed by atoms with van der Waals surface area (Å²) >= 11 is 0. The average Bonchev–Trinajstić information content (AvgIpc) is 2.98. The van der Waals surface area contributed by atoms with Crippen molar-refractivity contribution < 1.29 is 31.1 Å². The molecular formula is C15H19F3N2O4S. The third-order valence-electron chi connectivity index (χ3n) is 3.68. The Bertz CT molecular complexity index is 704. The summed E-state index contributed by atoms with van der Waals surface area (Å²) < 4.78 is 65.7. The van der Waals surface area contributed by atoms with E-state index in [2.05, 4.69) is 10.1 Å². The Hall–Kier alpha value is -1.81. The van der Waals surface area contributed by atoms with Gasteiger partial charge in [-0.15, -0.1) is 13.2 Å². The van der Waals surface area contributed by atoms with Gasteiger partial charge >= 0.3 is 6.36 Å². The summed E-state index contributed by atoms with van der Waals surface area (Å²) in [6, 6.07) is 3.87. The minimum absolute atomic E-state index is 0.0275. The molecule has 1 aromatic rings. The molecule has 1 atom stereocenters. The first-order valence-corrected chi connectivity index (χ1v) is 9.39. The van der Waals surface area contributed by atoms with Gasteiger partial charge in [0.1, 0.15) is 11.8 Å². The van der Waals surface area contributed by atoms with Crippen LogP contribution in [-0.2, 0) is 14.8 Å².